The lowest BCUT2D eigenvalue weighted by atomic mass is 9.97. The summed E-state index contributed by atoms with van der Waals surface area (Å²) in [6.45, 7) is 0. The molecule has 1 aromatic carbocycles. The Labute approximate surface area is 143 Å². The van der Waals surface area contributed by atoms with Gasteiger partial charge in [0.2, 0.25) is 0 Å². The third kappa shape index (κ3) is 3.33. The molecule has 1 fully saturated rings. The molecule has 24 heavy (non-hydrogen) atoms. The van der Waals surface area contributed by atoms with Gasteiger partial charge in [-0.2, -0.15) is 0 Å². The van der Waals surface area contributed by atoms with Crippen LogP contribution in [0.15, 0.2) is 53.6 Å². The number of aromatic nitrogens is 1. The summed E-state index contributed by atoms with van der Waals surface area (Å²) < 4.78 is 1.96. The van der Waals surface area contributed by atoms with Crippen LogP contribution in [0.25, 0.3) is 5.57 Å². The van der Waals surface area contributed by atoms with Gasteiger partial charge in [-0.3, -0.25) is 19.7 Å². The number of nitrogens with zero attached hydrogens (tertiary/aromatic N) is 1. The summed E-state index contributed by atoms with van der Waals surface area (Å²) in [5.41, 5.74) is 2.01. The van der Waals surface area contributed by atoms with Crippen molar-refractivity contribution in [2.75, 3.05) is 0 Å². The summed E-state index contributed by atoms with van der Waals surface area (Å²) >= 11 is 0.785. The molecule has 0 unspecified atom stereocenters. The van der Waals surface area contributed by atoms with Crippen molar-refractivity contribution in [3.63, 3.8) is 0 Å². The van der Waals surface area contributed by atoms with Crippen molar-refractivity contribution in [2.45, 2.75) is 12.8 Å². The number of carbonyl (C=O) groups is 3. The SMILES string of the molecule is Cn1cccc1CCC(=O)C(=C1SC(=O)NC1=O)c1ccccc1. The van der Waals surface area contributed by atoms with E-state index in [2.05, 4.69) is 5.32 Å². The Kier molecular flexibility index (Phi) is 4.66. The molecule has 0 saturated carbocycles. The van der Waals surface area contributed by atoms with Gasteiger partial charge in [0, 0.05) is 30.9 Å². The summed E-state index contributed by atoms with van der Waals surface area (Å²) in [6.07, 6.45) is 2.77. The summed E-state index contributed by atoms with van der Waals surface area (Å²) in [4.78, 5) is 36.5. The number of allylic oxidation sites excluding steroid dienone is 1. The van der Waals surface area contributed by atoms with Crippen molar-refractivity contribution >= 4 is 34.3 Å². The van der Waals surface area contributed by atoms with Crippen LogP contribution in [-0.2, 0) is 23.1 Å². The highest BCUT2D eigenvalue weighted by molar-refractivity contribution is 8.18. The minimum Gasteiger partial charge on any atom is -0.354 e. The van der Waals surface area contributed by atoms with Crippen molar-refractivity contribution in [1.82, 2.24) is 9.88 Å². The van der Waals surface area contributed by atoms with Crippen LogP contribution in [0.3, 0.4) is 0 Å². The van der Waals surface area contributed by atoms with Crippen LogP contribution in [0.1, 0.15) is 17.7 Å². The van der Waals surface area contributed by atoms with Gasteiger partial charge in [-0.1, -0.05) is 30.3 Å². The molecule has 1 aromatic heterocycles. The molecule has 0 atom stereocenters. The Morgan fingerprint density at radius 1 is 1.12 bits per heavy atom. The zero-order valence-corrected chi connectivity index (χ0v) is 13.9. The molecule has 0 spiro atoms. The molecular formula is C18H16N2O3S. The molecule has 2 amide bonds. The Hall–Kier alpha value is -2.60. The van der Waals surface area contributed by atoms with Gasteiger partial charge in [0.15, 0.2) is 5.78 Å². The molecular weight excluding hydrogens is 324 g/mol. The van der Waals surface area contributed by atoms with Crippen molar-refractivity contribution in [2.24, 2.45) is 7.05 Å². The van der Waals surface area contributed by atoms with Gasteiger partial charge < -0.3 is 4.57 Å². The third-order valence-corrected chi connectivity index (χ3v) is 4.73. The number of rotatable bonds is 5. The molecule has 2 aromatic rings. The van der Waals surface area contributed by atoms with Crippen molar-refractivity contribution < 1.29 is 14.4 Å². The topological polar surface area (TPSA) is 68.2 Å². The number of carbonyl (C=O) groups excluding carboxylic acids is 3. The van der Waals surface area contributed by atoms with Gasteiger partial charge in [0.05, 0.1) is 4.91 Å². The normalized spacial score (nSPS) is 16.2. The van der Waals surface area contributed by atoms with E-state index in [1.807, 2.05) is 36.0 Å². The highest BCUT2D eigenvalue weighted by Gasteiger charge is 2.31. The van der Waals surface area contributed by atoms with Gasteiger partial charge in [-0.05, 0) is 35.9 Å². The number of Topliss-reactive ketones (excluding diaryl/α,β-unsaturated/α-hetero) is 1. The minimum absolute atomic E-state index is 0.144. The number of nitrogens with one attached hydrogen (secondary N) is 1. The van der Waals surface area contributed by atoms with Crippen molar-refractivity contribution in [1.29, 1.82) is 0 Å². The van der Waals surface area contributed by atoms with Crippen LogP contribution in [0.5, 0.6) is 0 Å². The van der Waals surface area contributed by atoms with Gasteiger partial charge in [-0.15, -0.1) is 0 Å². The first-order valence-corrected chi connectivity index (χ1v) is 8.34. The molecule has 2 heterocycles. The van der Waals surface area contributed by atoms with Gasteiger partial charge in [0.25, 0.3) is 11.1 Å². The predicted molar refractivity (Wildman–Crippen MR) is 93.2 cm³/mol. The summed E-state index contributed by atoms with van der Waals surface area (Å²) in [5, 5.41) is 1.78. The van der Waals surface area contributed by atoms with Gasteiger partial charge >= 0.3 is 0 Å². The highest BCUT2D eigenvalue weighted by Crippen LogP contribution is 2.33. The van der Waals surface area contributed by atoms with E-state index in [4.69, 9.17) is 0 Å². The van der Waals surface area contributed by atoms with E-state index in [0.29, 0.717) is 17.6 Å². The average Bonchev–Trinajstić information content (AvgIpc) is 3.12. The Balaban J connectivity index is 1.92. The molecule has 1 aliphatic rings. The fraction of sp³-hybridized carbons (Fsp3) is 0.167. The van der Waals surface area contributed by atoms with Gasteiger partial charge in [-0.25, -0.2) is 0 Å². The third-order valence-electron chi connectivity index (χ3n) is 3.84. The number of hydrogen-bond acceptors (Lipinski definition) is 4. The van der Waals surface area contributed by atoms with Crippen LogP contribution >= 0.6 is 11.8 Å². The average molecular weight is 340 g/mol. The molecule has 1 saturated heterocycles. The zero-order chi connectivity index (χ0) is 17.1. The maximum atomic E-state index is 12.8. The molecule has 1 aliphatic heterocycles. The second-order valence-corrected chi connectivity index (χ2v) is 6.43. The lowest BCUT2D eigenvalue weighted by Gasteiger charge is -2.09. The Bertz CT molecular complexity index is 837. The van der Waals surface area contributed by atoms with Crippen LogP contribution in [0, 0.1) is 0 Å². The zero-order valence-electron chi connectivity index (χ0n) is 13.1. The second kappa shape index (κ2) is 6.88. The van der Waals surface area contributed by atoms with Crippen LogP contribution in [-0.4, -0.2) is 21.5 Å². The molecule has 5 nitrogen and oxygen atoms in total. The lowest BCUT2D eigenvalue weighted by Crippen LogP contribution is -2.19. The number of ketones is 1. The number of hydrogen-bond donors (Lipinski definition) is 1. The van der Waals surface area contributed by atoms with Crippen LogP contribution < -0.4 is 5.32 Å². The Morgan fingerprint density at radius 3 is 2.46 bits per heavy atom. The van der Waals surface area contributed by atoms with E-state index >= 15 is 0 Å². The number of amides is 2. The van der Waals surface area contributed by atoms with Crippen LogP contribution in [0.4, 0.5) is 4.79 Å². The van der Waals surface area contributed by atoms with E-state index < -0.39 is 11.1 Å². The molecule has 0 bridgehead atoms. The number of aryl methyl sites for hydroxylation is 2. The second-order valence-electron chi connectivity index (χ2n) is 5.45. The van der Waals surface area contributed by atoms with Crippen molar-refractivity contribution in [3.8, 4) is 0 Å². The highest BCUT2D eigenvalue weighted by atomic mass is 32.2. The van der Waals surface area contributed by atoms with Crippen molar-refractivity contribution in [3.05, 3.63) is 64.8 Å². The first kappa shape index (κ1) is 16.3. The van der Waals surface area contributed by atoms with E-state index in [1.54, 1.807) is 24.3 Å². The smallest absolute Gasteiger partial charge is 0.290 e. The number of thioether (sulfide) groups is 1. The number of benzene rings is 1. The minimum atomic E-state index is -0.504. The van der Waals surface area contributed by atoms with E-state index in [1.165, 1.54) is 0 Å². The molecule has 3 rings (SSSR count). The van der Waals surface area contributed by atoms with E-state index in [-0.39, 0.29) is 17.1 Å². The maximum Gasteiger partial charge on any atom is 0.290 e. The van der Waals surface area contributed by atoms with E-state index in [0.717, 1.165) is 17.5 Å². The summed E-state index contributed by atoms with van der Waals surface area (Å²) in [5.74, 6) is -0.647. The fourth-order valence-corrected chi connectivity index (χ4v) is 3.43. The van der Waals surface area contributed by atoms with E-state index in [9.17, 15) is 14.4 Å². The predicted octanol–water partition coefficient (Wildman–Crippen LogP) is 2.92. The quantitative estimate of drug-likeness (QED) is 0.850. The first-order chi connectivity index (χ1) is 11.6. The molecule has 122 valence electrons. The molecule has 1 N–H and O–H groups in total. The summed E-state index contributed by atoms with van der Waals surface area (Å²) in [7, 11) is 1.93. The summed E-state index contributed by atoms with van der Waals surface area (Å²) in [6, 6.07) is 12.9. The molecule has 0 aliphatic carbocycles. The maximum absolute atomic E-state index is 12.8. The Morgan fingerprint density at radius 2 is 1.88 bits per heavy atom. The molecule has 0 radical (unpaired) electrons. The first-order valence-electron chi connectivity index (χ1n) is 7.52. The largest absolute Gasteiger partial charge is 0.354 e. The lowest BCUT2D eigenvalue weighted by molar-refractivity contribution is -0.116. The van der Waals surface area contributed by atoms with Gasteiger partial charge in [0.1, 0.15) is 0 Å². The fourth-order valence-electron chi connectivity index (χ4n) is 2.62. The standard InChI is InChI=1S/C18H16N2O3S/c1-20-11-5-8-13(20)9-10-14(21)15(12-6-3-2-4-7-12)16-17(22)19-18(23)24-16/h2-8,11H,9-10H2,1H3,(H,19,22,23). The molecule has 6 heteroatoms. The number of imide groups is 1. The monoisotopic (exact) mass is 340 g/mol. The van der Waals surface area contributed by atoms with Crippen LogP contribution in [0.2, 0.25) is 0 Å².